The summed E-state index contributed by atoms with van der Waals surface area (Å²) in [7, 11) is 2.48. The van der Waals surface area contributed by atoms with E-state index in [-0.39, 0.29) is 28.7 Å². The van der Waals surface area contributed by atoms with Crippen LogP contribution >= 0.6 is 11.8 Å². The number of nitrogens with one attached hydrogen (secondary N) is 1. The summed E-state index contributed by atoms with van der Waals surface area (Å²) in [6.45, 7) is 8.47. The van der Waals surface area contributed by atoms with Gasteiger partial charge in [-0.15, -0.1) is 10.2 Å². The second-order valence-electron chi connectivity index (χ2n) is 8.25. The first kappa shape index (κ1) is 27.7. The molecule has 10 nitrogen and oxygen atoms in total. The molecule has 1 heterocycles. The van der Waals surface area contributed by atoms with E-state index < -0.39 is 17.8 Å². The van der Waals surface area contributed by atoms with Crippen molar-refractivity contribution in [3.05, 3.63) is 64.5 Å². The Labute approximate surface area is 219 Å². The Morgan fingerprint density at radius 3 is 2.30 bits per heavy atom. The normalized spacial score (nSPS) is 11.5. The number of anilines is 1. The molecule has 196 valence electrons. The lowest BCUT2D eigenvalue weighted by molar-refractivity contribution is -0.113. The molecule has 0 spiro atoms. The number of carbonyl (C=O) groups excluding carboxylic acids is 3. The van der Waals surface area contributed by atoms with Crippen LogP contribution in [0.5, 0.6) is 5.75 Å². The summed E-state index contributed by atoms with van der Waals surface area (Å²) in [5.41, 5.74) is 2.66. The van der Waals surface area contributed by atoms with Gasteiger partial charge < -0.3 is 24.1 Å². The second-order valence-corrected chi connectivity index (χ2v) is 9.19. The molecule has 1 amide bonds. The van der Waals surface area contributed by atoms with Gasteiger partial charge in [0.2, 0.25) is 5.91 Å². The molecule has 1 aromatic heterocycles. The fourth-order valence-electron chi connectivity index (χ4n) is 3.76. The first-order chi connectivity index (χ1) is 17.7. The van der Waals surface area contributed by atoms with Crippen molar-refractivity contribution in [2.45, 2.75) is 45.5 Å². The number of carbonyl (C=O) groups is 3. The summed E-state index contributed by atoms with van der Waals surface area (Å²) in [5.74, 6) is -0.255. The average Bonchev–Trinajstić information content (AvgIpc) is 3.29. The van der Waals surface area contributed by atoms with Crippen LogP contribution in [0.4, 0.5) is 5.69 Å². The number of ether oxygens (including phenoxy) is 3. The van der Waals surface area contributed by atoms with Crippen molar-refractivity contribution in [3.63, 3.8) is 0 Å². The molecule has 0 saturated carbocycles. The molecule has 0 aliphatic heterocycles. The molecule has 2 aromatic carbocycles. The highest BCUT2D eigenvalue weighted by Gasteiger charge is 2.21. The summed E-state index contributed by atoms with van der Waals surface area (Å²) < 4.78 is 17.5. The largest absolute Gasteiger partial charge is 0.483 e. The highest BCUT2D eigenvalue weighted by molar-refractivity contribution is 7.99. The second kappa shape index (κ2) is 12.4. The molecule has 0 aliphatic carbocycles. The molecule has 0 bridgehead atoms. The topological polar surface area (TPSA) is 122 Å². The zero-order chi connectivity index (χ0) is 27.1. The van der Waals surface area contributed by atoms with E-state index in [4.69, 9.17) is 14.2 Å². The van der Waals surface area contributed by atoms with Gasteiger partial charge in [-0.1, -0.05) is 17.8 Å². The van der Waals surface area contributed by atoms with Gasteiger partial charge in [-0.05, 0) is 69.2 Å². The number of esters is 2. The summed E-state index contributed by atoms with van der Waals surface area (Å²) in [5, 5.41) is 11.8. The lowest BCUT2D eigenvalue weighted by atomic mass is 10.1. The molecule has 3 rings (SSSR count). The van der Waals surface area contributed by atoms with E-state index in [0.29, 0.717) is 17.5 Å². The van der Waals surface area contributed by atoms with Crippen molar-refractivity contribution >= 4 is 35.3 Å². The van der Waals surface area contributed by atoms with E-state index in [1.165, 1.54) is 44.2 Å². The van der Waals surface area contributed by atoms with E-state index in [9.17, 15) is 14.4 Å². The number of aryl methyl sites for hydroxylation is 2. The SMILES string of the molecule is CCn1c(SCC(=O)Nc2cc(C(=O)OC)ccc2C(=O)OC)nnc1C(C)Oc1cc(C)cc(C)c1. The summed E-state index contributed by atoms with van der Waals surface area (Å²) in [6.07, 6.45) is -0.361. The highest BCUT2D eigenvalue weighted by Crippen LogP contribution is 2.26. The standard InChI is InChI=1S/C26H30N4O6S/c1-7-30-23(17(4)36-19-11-15(2)10-16(3)12-19)28-29-26(30)37-14-22(31)27-21-13-18(24(32)34-5)8-9-20(21)25(33)35-6/h8-13,17H,7,14H2,1-6H3,(H,27,31). The van der Waals surface area contributed by atoms with Crippen LogP contribution < -0.4 is 10.1 Å². The van der Waals surface area contributed by atoms with Gasteiger partial charge in [0, 0.05) is 6.54 Å². The molecule has 11 heteroatoms. The van der Waals surface area contributed by atoms with Gasteiger partial charge in [-0.2, -0.15) is 0 Å². The van der Waals surface area contributed by atoms with Crippen LogP contribution in [-0.2, 0) is 20.8 Å². The Bertz CT molecular complexity index is 1290. The molecular formula is C26H30N4O6S. The van der Waals surface area contributed by atoms with E-state index in [1.807, 2.05) is 44.4 Å². The summed E-state index contributed by atoms with van der Waals surface area (Å²) in [4.78, 5) is 36.8. The fourth-order valence-corrected chi connectivity index (χ4v) is 4.57. The van der Waals surface area contributed by atoms with Gasteiger partial charge >= 0.3 is 11.9 Å². The number of rotatable bonds is 10. The number of hydrogen-bond acceptors (Lipinski definition) is 9. The predicted octanol–water partition coefficient (Wildman–Crippen LogP) is 4.36. The zero-order valence-electron chi connectivity index (χ0n) is 21.7. The van der Waals surface area contributed by atoms with E-state index in [1.54, 1.807) is 0 Å². The van der Waals surface area contributed by atoms with Crippen LogP contribution in [-0.4, -0.2) is 52.6 Å². The Morgan fingerprint density at radius 2 is 1.68 bits per heavy atom. The Kier molecular flexibility index (Phi) is 9.29. The van der Waals surface area contributed by atoms with Crippen LogP contribution in [0.3, 0.4) is 0 Å². The van der Waals surface area contributed by atoms with Crippen molar-refractivity contribution in [2.24, 2.45) is 0 Å². The molecule has 0 aliphatic rings. The van der Waals surface area contributed by atoms with E-state index in [2.05, 4.69) is 21.6 Å². The van der Waals surface area contributed by atoms with Gasteiger partial charge in [0.05, 0.1) is 36.8 Å². The predicted molar refractivity (Wildman–Crippen MR) is 139 cm³/mol. The molecule has 0 fully saturated rings. The number of hydrogen-bond donors (Lipinski definition) is 1. The van der Waals surface area contributed by atoms with Gasteiger partial charge in [0.15, 0.2) is 17.1 Å². The van der Waals surface area contributed by atoms with Crippen LogP contribution in [0, 0.1) is 13.8 Å². The number of nitrogens with zero attached hydrogens (tertiary/aromatic N) is 3. The van der Waals surface area contributed by atoms with Crippen molar-refractivity contribution < 1.29 is 28.6 Å². The molecule has 1 atom stereocenters. The van der Waals surface area contributed by atoms with Crippen LogP contribution in [0.2, 0.25) is 0 Å². The first-order valence-electron chi connectivity index (χ1n) is 11.6. The molecule has 3 aromatic rings. The fraction of sp³-hybridized carbons (Fsp3) is 0.346. The number of methoxy groups -OCH3 is 2. The maximum Gasteiger partial charge on any atom is 0.339 e. The lowest BCUT2D eigenvalue weighted by Crippen LogP contribution is -2.18. The van der Waals surface area contributed by atoms with Crippen molar-refractivity contribution in [2.75, 3.05) is 25.3 Å². The quantitative estimate of drug-likeness (QED) is 0.303. The van der Waals surface area contributed by atoms with Crippen LogP contribution in [0.1, 0.15) is 57.6 Å². The minimum Gasteiger partial charge on any atom is -0.483 e. The minimum atomic E-state index is -0.646. The zero-order valence-corrected chi connectivity index (χ0v) is 22.5. The summed E-state index contributed by atoms with van der Waals surface area (Å²) >= 11 is 1.20. The van der Waals surface area contributed by atoms with Gasteiger partial charge in [0.1, 0.15) is 5.75 Å². The third-order valence-electron chi connectivity index (χ3n) is 5.39. The highest BCUT2D eigenvalue weighted by atomic mass is 32.2. The number of thioether (sulfide) groups is 1. The summed E-state index contributed by atoms with van der Waals surface area (Å²) in [6, 6.07) is 10.2. The van der Waals surface area contributed by atoms with Crippen LogP contribution in [0.25, 0.3) is 0 Å². The number of benzene rings is 2. The smallest absolute Gasteiger partial charge is 0.339 e. The molecule has 1 unspecified atom stereocenters. The lowest BCUT2D eigenvalue weighted by Gasteiger charge is -2.16. The van der Waals surface area contributed by atoms with Crippen molar-refractivity contribution in [1.29, 1.82) is 0 Å². The molecule has 37 heavy (non-hydrogen) atoms. The number of amides is 1. The van der Waals surface area contributed by atoms with Gasteiger partial charge in [0.25, 0.3) is 0 Å². The molecular weight excluding hydrogens is 496 g/mol. The molecule has 1 N–H and O–H groups in total. The third kappa shape index (κ3) is 6.88. The Morgan fingerprint density at radius 1 is 1.00 bits per heavy atom. The van der Waals surface area contributed by atoms with E-state index >= 15 is 0 Å². The van der Waals surface area contributed by atoms with Crippen molar-refractivity contribution in [1.82, 2.24) is 14.8 Å². The van der Waals surface area contributed by atoms with Gasteiger partial charge in [-0.3, -0.25) is 4.79 Å². The maximum absolute atomic E-state index is 12.8. The van der Waals surface area contributed by atoms with E-state index in [0.717, 1.165) is 16.9 Å². The number of aromatic nitrogens is 3. The molecule has 0 radical (unpaired) electrons. The van der Waals surface area contributed by atoms with Crippen LogP contribution in [0.15, 0.2) is 41.6 Å². The third-order valence-corrected chi connectivity index (χ3v) is 6.35. The van der Waals surface area contributed by atoms with Crippen molar-refractivity contribution in [3.8, 4) is 5.75 Å². The Balaban J connectivity index is 1.72. The van der Waals surface area contributed by atoms with Gasteiger partial charge in [-0.25, -0.2) is 9.59 Å². The Hall–Kier alpha value is -3.86. The average molecular weight is 527 g/mol. The maximum atomic E-state index is 12.8. The first-order valence-corrected chi connectivity index (χ1v) is 12.6. The monoisotopic (exact) mass is 526 g/mol. The molecule has 0 saturated heterocycles. The minimum absolute atomic E-state index is 0.00644.